The first-order valence-corrected chi connectivity index (χ1v) is 15.5. The van der Waals surface area contributed by atoms with Gasteiger partial charge in [0.25, 0.3) is 5.91 Å². The zero-order valence-electron chi connectivity index (χ0n) is 25.0. The molecule has 12 heteroatoms. The highest BCUT2D eigenvalue weighted by Gasteiger charge is 2.14. The number of benzene rings is 4. The molecule has 4 rings (SSSR count). The van der Waals surface area contributed by atoms with Crippen molar-refractivity contribution in [3.05, 3.63) is 131 Å². The van der Waals surface area contributed by atoms with E-state index in [-0.39, 0.29) is 29.0 Å². The van der Waals surface area contributed by atoms with Gasteiger partial charge in [0.2, 0.25) is 10.0 Å². The molecule has 11 nitrogen and oxygen atoms in total. The van der Waals surface area contributed by atoms with E-state index < -0.39 is 10.0 Å². The van der Waals surface area contributed by atoms with Crippen LogP contribution in [0.15, 0.2) is 108 Å². The zero-order valence-corrected chi connectivity index (χ0v) is 25.8. The summed E-state index contributed by atoms with van der Waals surface area (Å²) in [6.07, 6.45) is 0.844. The van der Waals surface area contributed by atoms with Crippen LogP contribution in [-0.2, 0) is 27.8 Å². The number of nitrogen functional groups attached to an aromatic ring is 2. The fourth-order valence-electron chi connectivity index (χ4n) is 3.87. The summed E-state index contributed by atoms with van der Waals surface area (Å²) < 4.78 is 37.4. The smallest absolute Gasteiger partial charge is 0.251 e. The van der Waals surface area contributed by atoms with Gasteiger partial charge in [-0.05, 0) is 47.5 Å². The summed E-state index contributed by atoms with van der Waals surface area (Å²) in [6, 6.07) is 29.5. The third kappa shape index (κ3) is 11.5. The number of carbonyl (C=O) groups is 1. The second-order valence-electron chi connectivity index (χ2n) is 9.76. The van der Waals surface area contributed by atoms with Crippen LogP contribution in [0.4, 0.5) is 0 Å². The predicted octanol–water partition coefficient (Wildman–Crippen LogP) is 3.77. The summed E-state index contributed by atoms with van der Waals surface area (Å²) in [5.41, 5.74) is 14.1. The van der Waals surface area contributed by atoms with Gasteiger partial charge in [-0.25, -0.2) is 13.1 Å². The minimum absolute atomic E-state index is 0.0171. The van der Waals surface area contributed by atoms with Gasteiger partial charge in [0.15, 0.2) is 0 Å². The number of ether oxygens (including phenoxy) is 2. The molecule has 0 aliphatic heterocycles. The first-order chi connectivity index (χ1) is 21.6. The Morgan fingerprint density at radius 2 is 1.36 bits per heavy atom. The van der Waals surface area contributed by atoms with Gasteiger partial charge >= 0.3 is 0 Å². The van der Waals surface area contributed by atoms with Crippen LogP contribution in [0.5, 0.6) is 5.75 Å². The Balaban J connectivity index is 0.000000251. The number of amides is 1. The minimum atomic E-state index is -3.62. The average Bonchev–Trinajstić information content (AvgIpc) is 3.06. The lowest BCUT2D eigenvalue weighted by molar-refractivity contribution is 0.0951. The maximum absolute atomic E-state index is 12.2. The van der Waals surface area contributed by atoms with Gasteiger partial charge in [-0.2, -0.15) is 0 Å². The van der Waals surface area contributed by atoms with Crippen LogP contribution in [0.3, 0.4) is 0 Å². The monoisotopic (exact) mass is 630 g/mol. The number of nitrogens with one attached hydrogen (secondary N) is 4. The van der Waals surface area contributed by atoms with Crippen LogP contribution in [0, 0.1) is 10.8 Å². The number of hydrogen-bond acceptors (Lipinski definition) is 7. The molecule has 0 aliphatic carbocycles. The van der Waals surface area contributed by atoms with E-state index >= 15 is 0 Å². The van der Waals surface area contributed by atoms with E-state index in [0.717, 1.165) is 23.3 Å². The molecule has 0 spiro atoms. The summed E-state index contributed by atoms with van der Waals surface area (Å²) in [7, 11) is -1.95. The normalized spacial score (nSPS) is 10.7. The number of amidine groups is 2. The molecule has 0 aliphatic rings. The summed E-state index contributed by atoms with van der Waals surface area (Å²) in [4.78, 5) is 12.2. The maximum Gasteiger partial charge on any atom is 0.251 e. The van der Waals surface area contributed by atoms with E-state index in [1.54, 1.807) is 43.5 Å². The van der Waals surface area contributed by atoms with E-state index in [1.807, 2.05) is 54.6 Å². The lowest BCUT2D eigenvalue weighted by Crippen LogP contribution is -2.23. The van der Waals surface area contributed by atoms with Crippen LogP contribution in [0.25, 0.3) is 0 Å². The van der Waals surface area contributed by atoms with Crippen molar-refractivity contribution in [3.63, 3.8) is 0 Å². The fraction of sp³-hybridized carbons (Fsp3) is 0.182. The molecule has 0 saturated heterocycles. The number of carbonyl (C=O) groups excluding carboxylic acids is 1. The van der Waals surface area contributed by atoms with Crippen molar-refractivity contribution in [1.29, 1.82) is 10.8 Å². The molecule has 0 saturated carbocycles. The second kappa shape index (κ2) is 17.3. The molecule has 1 amide bonds. The van der Waals surface area contributed by atoms with Crippen molar-refractivity contribution in [3.8, 4) is 5.75 Å². The van der Waals surface area contributed by atoms with Crippen LogP contribution in [-0.4, -0.2) is 46.3 Å². The lowest BCUT2D eigenvalue weighted by Gasteiger charge is -2.08. The maximum atomic E-state index is 12.2. The van der Waals surface area contributed by atoms with Crippen molar-refractivity contribution in [2.75, 3.05) is 20.3 Å². The molecule has 45 heavy (non-hydrogen) atoms. The number of rotatable bonds is 14. The molecule has 0 unspecified atom stereocenters. The highest BCUT2D eigenvalue weighted by Crippen LogP contribution is 2.14. The summed E-state index contributed by atoms with van der Waals surface area (Å²) in [5.74, 6) is 0.447. The van der Waals surface area contributed by atoms with Crippen molar-refractivity contribution >= 4 is 27.6 Å². The van der Waals surface area contributed by atoms with E-state index in [9.17, 15) is 13.2 Å². The molecule has 236 valence electrons. The first kappa shape index (κ1) is 34.5. The summed E-state index contributed by atoms with van der Waals surface area (Å²) in [6.45, 7) is 1.93. The van der Waals surface area contributed by atoms with Gasteiger partial charge in [0.1, 0.15) is 17.4 Å². The SMILES string of the molecule is COCCCOc1ccc(CNC(=O)c2ccc(C(=N)N)cc2)cc1.N=C(N)c1cccc(S(=O)(=O)NCc2ccccc2)c1. The van der Waals surface area contributed by atoms with E-state index in [0.29, 0.717) is 36.4 Å². The Kier molecular flexibility index (Phi) is 13.2. The third-order valence-electron chi connectivity index (χ3n) is 6.36. The van der Waals surface area contributed by atoms with Gasteiger partial charge in [-0.3, -0.25) is 15.6 Å². The van der Waals surface area contributed by atoms with Crippen molar-refractivity contribution in [2.24, 2.45) is 11.5 Å². The predicted molar refractivity (Wildman–Crippen MR) is 175 cm³/mol. The average molecular weight is 631 g/mol. The Labute approximate surface area is 263 Å². The number of sulfonamides is 1. The van der Waals surface area contributed by atoms with Crippen molar-refractivity contribution in [2.45, 2.75) is 24.4 Å². The molecule has 0 atom stereocenters. The Morgan fingerprint density at radius 3 is 1.98 bits per heavy atom. The molecule has 0 fully saturated rings. The van der Waals surface area contributed by atoms with E-state index in [2.05, 4.69) is 10.0 Å². The number of methoxy groups -OCH3 is 1. The highest BCUT2D eigenvalue weighted by molar-refractivity contribution is 7.89. The molecule has 4 aromatic carbocycles. The topological polar surface area (TPSA) is 193 Å². The summed E-state index contributed by atoms with van der Waals surface area (Å²) >= 11 is 0. The van der Waals surface area contributed by atoms with Gasteiger partial charge in [-0.15, -0.1) is 0 Å². The first-order valence-electron chi connectivity index (χ1n) is 14.0. The van der Waals surface area contributed by atoms with Crippen molar-refractivity contribution in [1.82, 2.24) is 10.0 Å². The molecule has 0 aromatic heterocycles. The Hall–Kier alpha value is -5.04. The molecule has 0 bridgehead atoms. The van der Waals surface area contributed by atoms with Crippen molar-refractivity contribution < 1.29 is 22.7 Å². The molecule has 0 heterocycles. The lowest BCUT2D eigenvalue weighted by atomic mass is 10.1. The van der Waals surface area contributed by atoms with E-state index in [4.69, 9.17) is 31.8 Å². The molecule has 8 N–H and O–H groups in total. The molecule has 0 radical (unpaired) electrons. The van der Waals surface area contributed by atoms with Gasteiger partial charge in [-0.1, -0.05) is 66.7 Å². The number of hydrogen-bond donors (Lipinski definition) is 6. The Bertz CT molecular complexity index is 1660. The quantitative estimate of drug-likeness (QED) is 0.0693. The van der Waals surface area contributed by atoms with Crippen LogP contribution in [0.1, 0.15) is 39.0 Å². The second-order valence-corrected chi connectivity index (χ2v) is 11.5. The standard InChI is InChI=1S/C19H23N3O3.C14H15N3O2S/c1-24-11-2-12-25-17-9-3-14(4-10-17)13-22-19(23)16-7-5-15(6-8-16)18(20)21;15-14(16)12-7-4-8-13(9-12)20(18,19)17-10-11-5-2-1-3-6-11/h3-10H,2,11-13H2,1H3,(H3,20,21)(H,22,23);1-9,17H,10H2,(H3,15,16). The van der Waals surface area contributed by atoms with Crippen LogP contribution in [0.2, 0.25) is 0 Å². The largest absolute Gasteiger partial charge is 0.494 e. The molecular weight excluding hydrogens is 592 g/mol. The fourth-order valence-corrected chi connectivity index (χ4v) is 4.93. The van der Waals surface area contributed by atoms with Gasteiger partial charge in [0.05, 0.1) is 11.5 Å². The summed E-state index contributed by atoms with van der Waals surface area (Å²) in [5, 5.41) is 17.5. The van der Waals surface area contributed by atoms with Crippen LogP contribution < -0.4 is 26.2 Å². The van der Waals surface area contributed by atoms with Gasteiger partial charge < -0.3 is 26.3 Å². The molecule has 4 aromatic rings. The number of nitrogens with two attached hydrogens (primary N) is 2. The van der Waals surface area contributed by atoms with Gasteiger partial charge in [0, 0.05) is 49.9 Å². The van der Waals surface area contributed by atoms with Crippen LogP contribution >= 0.6 is 0 Å². The zero-order chi connectivity index (χ0) is 32.7. The third-order valence-corrected chi connectivity index (χ3v) is 7.76. The highest BCUT2D eigenvalue weighted by atomic mass is 32.2. The minimum Gasteiger partial charge on any atom is -0.494 e. The van der Waals surface area contributed by atoms with E-state index in [1.165, 1.54) is 12.1 Å². The Morgan fingerprint density at radius 1 is 0.733 bits per heavy atom. The molecular formula is C33H38N6O5S.